The molecule has 3 unspecified atom stereocenters. The Balaban J connectivity index is 2.65. The summed E-state index contributed by atoms with van der Waals surface area (Å²) in [5.74, 6) is -0.299. The maximum absolute atomic E-state index is 12.5. The minimum Gasteiger partial charge on any atom is -0.444 e. The van der Waals surface area contributed by atoms with Gasteiger partial charge < -0.3 is 20.7 Å². The van der Waals surface area contributed by atoms with E-state index in [0.717, 1.165) is 38.6 Å². The first-order chi connectivity index (χ1) is 11.1. The number of rotatable bonds is 6. The molecule has 1 fully saturated rings. The third kappa shape index (κ3) is 7.99. The second-order valence-corrected chi connectivity index (χ2v) is 8.05. The smallest absolute Gasteiger partial charge is 0.410 e. The summed E-state index contributed by atoms with van der Waals surface area (Å²) in [6.07, 6.45) is 5.26. The van der Waals surface area contributed by atoms with Gasteiger partial charge in [-0.1, -0.05) is 12.8 Å². The fraction of sp³-hybridized carbons (Fsp3) is 0.889. The number of ether oxygens (including phenoxy) is 1. The van der Waals surface area contributed by atoms with Crippen molar-refractivity contribution in [2.45, 2.75) is 96.9 Å². The van der Waals surface area contributed by atoms with Crippen molar-refractivity contribution in [1.29, 1.82) is 0 Å². The molecule has 0 spiro atoms. The molecule has 140 valence electrons. The number of likely N-dealkylation sites (tertiary alicyclic amines) is 1. The predicted octanol–water partition coefficient (Wildman–Crippen LogP) is 2.80. The maximum atomic E-state index is 12.5. The number of nitrogens with zero attached hydrogens (tertiary/aromatic N) is 1. The molecule has 0 aromatic rings. The van der Waals surface area contributed by atoms with E-state index >= 15 is 0 Å². The number of carbonyl (C=O) groups is 2. The van der Waals surface area contributed by atoms with Gasteiger partial charge in [0.2, 0.25) is 5.91 Å². The molecule has 1 heterocycles. The van der Waals surface area contributed by atoms with Crippen LogP contribution in [-0.2, 0) is 9.53 Å². The highest BCUT2D eigenvalue weighted by Gasteiger charge is 2.30. The lowest BCUT2D eigenvalue weighted by Crippen LogP contribution is -2.47. The average Bonchev–Trinajstić information content (AvgIpc) is 2.60. The zero-order chi connectivity index (χ0) is 18.3. The minimum absolute atomic E-state index is 0.0401. The van der Waals surface area contributed by atoms with Crippen molar-refractivity contribution in [3.05, 3.63) is 0 Å². The van der Waals surface area contributed by atoms with E-state index in [1.165, 1.54) is 0 Å². The van der Waals surface area contributed by atoms with Crippen molar-refractivity contribution >= 4 is 12.0 Å². The van der Waals surface area contributed by atoms with Crippen molar-refractivity contribution < 1.29 is 14.3 Å². The molecular formula is C18H35N3O3. The molecule has 3 atom stereocenters. The standard InChI is InChI=1S/C18H35N3O3/c1-13(20-14(2)12-16(19)22)11-15-9-7-6-8-10-21(15)17(23)24-18(3,4)5/h13-15,20H,6-12H2,1-5H3,(H2,19,22). The molecule has 0 bridgehead atoms. The Hall–Kier alpha value is -1.30. The maximum Gasteiger partial charge on any atom is 0.410 e. The zero-order valence-electron chi connectivity index (χ0n) is 15.9. The van der Waals surface area contributed by atoms with E-state index in [0.29, 0.717) is 6.42 Å². The van der Waals surface area contributed by atoms with Crippen LogP contribution in [0.2, 0.25) is 0 Å². The van der Waals surface area contributed by atoms with E-state index in [1.807, 2.05) is 32.6 Å². The SMILES string of the molecule is CC(CC(N)=O)NC(C)CC1CCCCCN1C(=O)OC(C)(C)C. The highest BCUT2D eigenvalue weighted by atomic mass is 16.6. The Bertz CT molecular complexity index is 420. The van der Waals surface area contributed by atoms with Crippen molar-refractivity contribution in [3.8, 4) is 0 Å². The largest absolute Gasteiger partial charge is 0.444 e. The van der Waals surface area contributed by atoms with Gasteiger partial charge in [-0.25, -0.2) is 4.79 Å². The van der Waals surface area contributed by atoms with Crippen LogP contribution in [-0.4, -0.2) is 47.2 Å². The first kappa shape index (κ1) is 20.7. The van der Waals surface area contributed by atoms with E-state index in [1.54, 1.807) is 0 Å². The van der Waals surface area contributed by atoms with Gasteiger partial charge in [0.15, 0.2) is 0 Å². The second kappa shape index (κ2) is 9.25. The van der Waals surface area contributed by atoms with E-state index in [4.69, 9.17) is 10.5 Å². The molecule has 0 aromatic carbocycles. The van der Waals surface area contributed by atoms with Gasteiger partial charge in [0.05, 0.1) is 0 Å². The molecule has 0 aromatic heterocycles. The predicted molar refractivity (Wildman–Crippen MR) is 95.7 cm³/mol. The van der Waals surface area contributed by atoms with Gasteiger partial charge in [0.1, 0.15) is 5.60 Å². The number of hydrogen-bond acceptors (Lipinski definition) is 4. The van der Waals surface area contributed by atoms with Gasteiger partial charge in [-0.05, 0) is 53.9 Å². The third-order valence-corrected chi connectivity index (χ3v) is 4.21. The topological polar surface area (TPSA) is 84.7 Å². The zero-order valence-corrected chi connectivity index (χ0v) is 15.9. The number of nitrogens with two attached hydrogens (primary N) is 1. The summed E-state index contributed by atoms with van der Waals surface area (Å²) in [5.41, 5.74) is 4.77. The summed E-state index contributed by atoms with van der Waals surface area (Å²) in [7, 11) is 0. The van der Waals surface area contributed by atoms with Crippen LogP contribution in [0.3, 0.4) is 0 Å². The van der Waals surface area contributed by atoms with Gasteiger partial charge in [0.25, 0.3) is 0 Å². The number of amides is 2. The van der Waals surface area contributed by atoms with Crippen LogP contribution in [0.15, 0.2) is 0 Å². The minimum atomic E-state index is -0.478. The molecule has 6 heteroatoms. The van der Waals surface area contributed by atoms with Crippen molar-refractivity contribution in [2.24, 2.45) is 5.73 Å². The monoisotopic (exact) mass is 341 g/mol. The Morgan fingerprint density at radius 1 is 1.21 bits per heavy atom. The van der Waals surface area contributed by atoms with E-state index in [9.17, 15) is 9.59 Å². The van der Waals surface area contributed by atoms with Crippen molar-refractivity contribution in [3.63, 3.8) is 0 Å². The second-order valence-electron chi connectivity index (χ2n) is 8.05. The summed E-state index contributed by atoms with van der Waals surface area (Å²) < 4.78 is 5.58. The first-order valence-corrected chi connectivity index (χ1v) is 9.12. The van der Waals surface area contributed by atoms with E-state index in [2.05, 4.69) is 12.2 Å². The highest BCUT2D eigenvalue weighted by molar-refractivity contribution is 5.74. The summed E-state index contributed by atoms with van der Waals surface area (Å²) in [6, 6.07) is 0.413. The summed E-state index contributed by atoms with van der Waals surface area (Å²) >= 11 is 0. The van der Waals surface area contributed by atoms with Crippen molar-refractivity contribution in [2.75, 3.05) is 6.54 Å². The molecule has 0 saturated carbocycles. The van der Waals surface area contributed by atoms with Gasteiger partial charge in [0, 0.05) is 31.1 Å². The number of nitrogens with one attached hydrogen (secondary N) is 1. The lowest BCUT2D eigenvalue weighted by Gasteiger charge is -2.34. The Morgan fingerprint density at radius 3 is 2.46 bits per heavy atom. The van der Waals surface area contributed by atoms with Crippen LogP contribution in [0.1, 0.15) is 73.1 Å². The van der Waals surface area contributed by atoms with E-state index < -0.39 is 5.60 Å². The molecule has 6 nitrogen and oxygen atoms in total. The molecule has 1 aliphatic heterocycles. The van der Waals surface area contributed by atoms with Crippen LogP contribution >= 0.6 is 0 Å². The number of primary amides is 1. The van der Waals surface area contributed by atoms with Gasteiger partial charge in [-0.3, -0.25) is 4.79 Å². The van der Waals surface area contributed by atoms with Crippen LogP contribution in [0.25, 0.3) is 0 Å². The molecule has 0 radical (unpaired) electrons. The van der Waals surface area contributed by atoms with Crippen LogP contribution in [0.5, 0.6) is 0 Å². The number of hydrogen-bond donors (Lipinski definition) is 2. The van der Waals surface area contributed by atoms with Gasteiger partial charge in [-0.2, -0.15) is 0 Å². The Kier molecular flexibility index (Phi) is 8.00. The highest BCUT2D eigenvalue weighted by Crippen LogP contribution is 2.23. The van der Waals surface area contributed by atoms with Crippen LogP contribution < -0.4 is 11.1 Å². The van der Waals surface area contributed by atoms with Crippen LogP contribution in [0.4, 0.5) is 4.79 Å². The summed E-state index contributed by atoms with van der Waals surface area (Å²) in [5, 5.41) is 3.41. The van der Waals surface area contributed by atoms with Crippen molar-refractivity contribution in [1.82, 2.24) is 10.2 Å². The molecule has 1 rings (SSSR count). The number of carbonyl (C=O) groups excluding carboxylic acids is 2. The lowest BCUT2D eigenvalue weighted by atomic mass is 10.0. The average molecular weight is 341 g/mol. The van der Waals surface area contributed by atoms with Gasteiger partial charge in [-0.15, -0.1) is 0 Å². The first-order valence-electron chi connectivity index (χ1n) is 9.12. The molecule has 24 heavy (non-hydrogen) atoms. The molecule has 0 aliphatic carbocycles. The Labute approximate surface area is 146 Å². The molecule has 3 N–H and O–H groups in total. The quantitative estimate of drug-likeness (QED) is 0.778. The third-order valence-electron chi connectivity index (χ3n) is 4.21. The summed E-state index contributed by atoms with van der Waals surface area (Å²) in [6.45, 7) is 10.5. The van der Waals surface area contributed by atoms with E-state index in [-0.39, 0.29) is 30.1 Å². The Morgan fingerprint density at radius 2 is 1.88 bits per heavy atom. The molecule has 2 amide bonds. The normalized spacial score (nSPS) is 21.7. The molecule has 1 saturated heterocycles. The fourth-order valence-corrected chi connectivity index (χ4v) is 3.31. The van der Waals surface area contributed by atoms with Crippen LogP contribution in [0, 0.1) is 0 Å². The van der Waals surface area contributed by atoms with Gasteiger partial charge >= 0.3 is 6.09 Å². The molecular weight excluding hydrogens is 306 g/mol. The molecule has 1 aliphatic rings. The fourth-order valence-electron chi connectivity index (χ4n) is 3.31. The summed E-state index contributed by atoms with van der Waals surface area (Å²) in [4.78, 5) is 25.5. The lowest BCUT2D eigenvalue weighted by molar-refractivity contribution is -0.118.